The monoisotopic (exact) mass is 243 g/mol. The maximum absolute atomic E-state index is 9.81. The van der Waals surface area contributed by atoms with Crippen LogP contribution in [0.2, 0.25) is 0 Å². The van der Waals surface area contributed by atoms with Crippen molar-refractivity contribution < 1.29 is 27.6 Å². The van der Waals surface area contributed by atoms with Crippen molar-refractivity contribution in [1.29, 1.82) is 0 Å². The molecule has 0 fully saturated rings. The highest BCUT2D eigenvalue weighted by molar-refractivity contribution is 5.17. The molecule has 4 heteroatoms. The second-order valence-electron chi connectivity index (χ2n) is 3.55. The SMILES string of the molecule is C=CCC(c1ccccc1)[N+](O)(O)CC.[Cl-]. The fourth-order valence-electron chi connectivity index (χ4n) is 1.60. The van der Waals surface area contributed by atoms with Crippen molar-refractivity contribution >= 4 is 0 Å². The Hall–Kier alpha value is -0.870. The van der Waals surface area contributed by atoms with Gasteiger partial charge in [-0.1, -0.05) is 36.4 Å². The van der Waals surface area contributed by atoms with Crippen LogP contribution in [-0.4, -0.2) is 21.8 Å². The summed E-state index contributed by atoms with van der Waals surface area (Å²) < 4.78 is 0. The molecule has 0 radical (unpaired) electrons. The lowest BCUT2D eigenvalue weighted by Crippen LogP contribution is -3.00. The van der Waals surface area contributed by atoms with E-state index in [0.29, 0.717) is 6.42 Å². The predicted octanol–water partition coefficient (Wildman–Crippen LogP) is -0.0771. The van der Waals surface area contributed by atoms with Crippen LogP contribution in [-0.2, 0) is 0 Å². The molecule has 1 rings (SSSR count). The normalized spacial score (nSPS) is 12.7. The van der Waals surface area contributed by atoms with Crippen LogP contribution in [0.1, 0.15) is 24.9 Å². The highest BCUT2D eigenvalue weighted by Crippen LogP contribution is 2.27. The van der Waals surface area contributed by atoms with Crippen molar-refractivity contribution in [1.82, 2.24) is 0 Å². The first-order chi connectivity index (χ1) is 7.11. The van der Waals surface area contributed by atoms with Gasteiger partial charge in [-0.15, -0.1) is 6.58 Å². The molecule has 1 aromatic carbocycles. The van der Waals surface area contributed by atoms with Gasteiger partial charge in [0.05, 0.1) is 0 Å². The molecule has 0 saturated carbocycles. The highest BCUT2D eigenvalue weighted by atomic mass is 35.5. The van der Waals surface area contributed by atoms with Crippen molar-refractivity contribution in [3.05, 3.63) is 48.6 Å². The fraction of sp³-hybridized carbons (Fsp3) is 0.333. The van der Waals surface area contributed by atoms with Crippen molar-refractivity contribution in [2.75, 3.05) is 6.54 Å². The van der Waals surface area contributed by atoms with Gasteiger partial charge in [0.2, 0.25) is 0 Å². The Kier molecular flexibility index (Phi) is 6.29. The number of quaternary nitrogens is 1. The van der Waals surface area contributed by atoms with Crippen LogP contribution in [0, 0.1) is 0 Å². The molecule has 0 heterocycles. The Balaban J connectivity index is 0.00000225. The minimum Gasteiger partial charge on any atom is -1.00 e. The molecule has 1 unspecified atom stereocenters. The zero-order valence-corrected chi connectivity index (χ0v) is 10.1. The third-order valence-corrected chi connectivity index (χ3v) is 2.54. The van der Waals surface area contributed by atoms with Crippen molar-refractivity contribution in [2.24, 2.45) is 0 Å². The zero-order chi connectivity index (χ0) is 11.3. The van der Waals surface area contributed by atoms with Crippen LogP contribution < -0.4 is 12.4 Å². The number of benzene rings is 1. The Bertz CT molecular complexity index is 314. The molecule has 0 aliphatic carbocycles. The van der Waals surface area contributed by atoms with Gasteiger partial charge in [0.1, 0.15) is 6.54 Å². The summed E-state index contributed by atoms with van der Waals surface area (Å²) in [6, 6.07) is 9.10. The summed E-state index contributed by atoms with van der Waals surface area (Å²) in [6.45, 7) is 5.62. The first-order valence-electron chi connectivity index (χ1n) is 5.11. The van der Waals surface area contributed by atoms with Gasteiger partial charge in [0.15, 0.2) is 6.04 Å². The van der Waals surface area contributed by atoms with E-state index in [1.54, 1.807) is 13.0 Å². The van der Waals surface area contributed by atoms with E-state index in [0.717, 1.165) is 5.56 Å². The Morgan fingerprint density at radius 2 is 1.88 bits per heavy atom. The smallest absolute Gasteiger partial charge is 0.180 e. The summed E-state index contributed by atoms with van der Waals surface area (Å²) in [4.78, 5) is -0.990. The number of hydrogen-bond donors (Lipinski definition) is 2. The molecule has 1 aromatic rings. The number of hydrogen-bond acceptors (Lipinski definition) is 2. The molecular formula is C12H18ClNO2. The fourth-order valence-corrected chi connectivity index (χ4v) is 1.60. The van der Waals surface area contributed by atoms with E-state index in [2.05, 4.69) is 6.58 Å². The lowest BCUT2D eigenvalue weighted by Gasteiger charge is -2.28. The van der Waals surface area contributed by atoms with Gasteiger partial charge >= 0.3 is 0 Å². The molecule has 0 spiro atoms. The molecule has 0 amide bonds. The lowest BCUT2D eigenvalue weighted by molar-refractivity contribution is -1.26. The maximum Gasteiger partial charge on any atom is 0.180 e. The second-order valence-corrected chi connectivity index (χ2v) is 3.55. The summed E-state index contributed by atoms with van der Waals surface area (Å²) in [6.07, 6.45) is 2.23. The minimum absolute atomic E-state index is 0. The maximum atomic E-state index is 9.81. The molecule has 90 valence electrons. The Morgan fingerprint density at radius 3 is 2.31 bits per heavy atom. The molecule has 16 heavy (non-hydrogen) atoms. The first-order valence-corrected chi connectivity index (χ1v) is 5.11. The van der Waals surface area contributed by atoms with Crippen molar-refractivity contribution in [2.45, 2.75) is 19.4 Å². The van der Waals surface area contributed by atoms with Crippen molar-refractivity contribution in [3.63, 3.8) is 0 Å². The van der Waals surface area contributed by atoms with Gasteiger partial charge in [0, 0.05) is 12.0 Å². The summed E-state index contributed by atoms with van der Waals surface area (Å²) in [5.41, 5.74) is 0.907. The van der Waals surface area contributed by atoms with E-state index in [4.69, 9.17) is 0 Å². The van der Waals surface area contributed by atoms with Crippen LogP contribution in [0.25, 0.3) is 0 Å². The van der Waals surface area contributed by atoms with Crippen molar-refractivity contribution in [3.8, 4) is 0 Å². The number of nitrogens with zero attached hydrogens (tertiary/aromatic N) is 1. The van der Waals surface area contributed by atoms with Gasteiger partial charge < -0.3 is 12.4 Å². The molecule has 1 atom stereocenters. The largest absolute Gasteiger partial charge is 1.00 e. The molecule has 0 bridgehead atoms. The van der Waals surface area contributed by atoms with Crippen LogP contribution in [0.15, 0.2) is 43.0 Å². The second kappa shape index (κ2) is 6.66. The van der Waals surface area contributed by atoms with E-state index >= 15 is 0 Å². The molecule has 0 aromatic heterocycles. The van der Waals surface area contributed by atoms with Crippen LogP contribution >= 0.6 is 0 Å². The number of hydroxylamine groups is 4. The average Bonchev–Trinajstić information content (AvgIpc) is 2.27. The molecule has 0 aliphatic rings. The van der Waals surface area contributed by atoms with E-state index < -0.39 is 4.81 Å². The van der Waals surface area contributed by atoms with E-state index in [9.17, 15) is 10.4 Å². The van der Waals surface area contributed by atoms with Gasteiger partial charge in [-0.05, 0) is 11.7 Å². The van der Waals surface area contributed by atoms with E-state index in [1.165, 1.54) is 0 Å². The highest BCUT2D eigenvalue weighted by Gasteiger charge is 2.33. The van der Waals surface area contributed by atoms with Gasteiger partial charge in [-0.3, -0.25) is 0 Å². The molecule has 0 saturated heterocycles. The predicted molar refractivity (Wildman–Crippen MR) is 58.4 cm³/mol. The number of halogens is 1. The summed E-state index contributed by atoms with van der Waals surface area (Å²) >= 11 is 0. The Labute approximate surface area is 103 Å². The summed E-state index contributed by atoms with van der Waals surface area (Å²) in [7, 11) is 0. The van der Waals surface area contributed by atoms with Crippen LogP contribution in [0.5, 0.6) is 0 Å². The summed E-state index contributed by atoms with van der Waals surface area (Å²) in [5, 5.41) is 19.6. The molecule has 0 aliphatic heterocycles. The minimum atomic E-state index is -0.990. The van der Waals surface area contributed by atoms with Gasteiger partial charge in [-0.2, -0.15) is 10.4 Å². The average molecular weight is 244 g/mol. The standard InChI is InChI=1S/C12H18NO2.ClH/c1-3-8-12(13(14,15)4-2)11-9-6-5-7-10-11;/h3,5-7,9-10,12,14-15H,1,4,8H2,2H3;1H/q+1;/p-1. The van der Waals surface area contributed by atoms with Crippen LogP contribution in [0.3, 0.4) is 0 Å². The third-order valence-electron chi connectivity index (χ3n) is 2.54. The van der Waals surface area contributed by atoms with Gasteiger partial charge in [-0.25, -0.2) is 0 Å². The van der Waals surface area contributed by atoms with E-state index in [-0.39, 0.29) is 25.0 Å². The lowest BCUT2D eigenvalue weighted by atomic mass is 10.0. The third kappa shape index (κ3) is 3.61. The summed E-state index contributed by atoms with van der Waals surface area (Å²) in [5.74, 6) is 0. The molecule has 3 nitrogen and oxygen atoms in total. The zero-order valence-electron chi connectivity index (χ0n) is 9.38. The van der Waals surface area contributed by atoms with E-state index in [1.807, 2.05) is 30.3 Å². The van der Waals surface area contributed by atoms with Crippen LogP contribution in [0.4, 0.5) is 0 Å². The molecular weight excluding hydrogens is 226 g/mol. The topological polar surface area (TPSA) is 40.5 Å². The number of rotatable bonds is 5. The molecule has 2 N–H and O–H groups in total. The first kappa shape index (κ1) is 15.1. The van der Waals surface area contributed by atoms with Gasteiger partial charge in [0.25, 0.3) is 0 Å². The Morgan fingerprint density at radius 1 is 1.31 bits per heavy atom. The quantitative estimate of drug-likeness (QED) is 0.432.